The van der Waals surface area contributed by atoms with E-state index in [0.29, 0.717) is 12.6 Å². The van der Waals surface area contributed by atoms with E-state index in [-0.39, 0.29) is 11.9 Å². The Labute approximate surface area is 124 Å². The first-order valence-corrected chi connectivity index (χ1v) is 7.59. The van der Waals surface area contributed by atoms with Gasteiger partial charge in [-0.05, 0) is 56.5 Å². The maximum atomic E-state index is 13.8. The fourth-order valence-electron chi connectivity index (χ4n) is 3.33. The Morgan fingerprint density at radius 1 is 1.48 bits per heavy atom. The molecule has 1 fully saturated rings. The normalized spacial score (nSPS) is 21.0. The Bertz CT molecular complexity index is 629. The van der Waals surface area contributed by atoms with Crippen LogP contribution in [0.25, 0.3) is 10.9 Å². The second kappa shape index (κ2) is 6.08. The average Bonchev–Trinajstić information content (AvgIpc) is 2.85. The number of nitrogens with zero attached hydrogens (tertiary/aromatic N) is 2. The number of hydrogen-bond donors (Lipinski definition) is 1. The van der Waals surface area contributed by atoms with Gasteiger partial charge in [0.15, 0.2) is 0 Å². The van der Waals surface area contributed by atoms with Gasteiger partial charge in [0.25, 0.3) is 0 Å². The summed E-state index contributed by atoms with van der Waals surface area (Å²) in [4.78, 5) is 6.75. The van der Waals surface area contributed by atoms with Crippen molar-refractivity contribution in [1.82, 2.24) is 9.88 Å². The van der Waals surface area contributed by atoms with Crippen LogP contribution in [0.3, 0.4) is 0 Å². The van der Waals surface area contributed by atoms with Crippen LogP contribution in [0.1, 0.15) is 31.7 Å². The number of aliphatic hydroxyl groups is 1. The van der Waals surface area contributed by atoms with Crippen LogP contribution in [-0.2, 0) is 6.54 Å². The molecule has 2 aromatic rings. The van der Waals surface area contributed by atoms with E-state index < -0.39 is 0 Å². The molecule has 1 aromatic heterocycles. The summed E-state index contributed by atoms with van der Waals surface area (Å²) in [6, 6.07) is 7.23. The van der Waals surface area contributed by atoms with E-state index in [4.69, 9.17) is 0 Å². The molecule has 1 aliphatic rings. The number of aliphatic hydroxyl groups excluding tert-OH is 1. The van der Waals surface area contributed by atoms with Gasteiger partial charge in [-0.25, -0.2) is 4.39 Å². The molecule has 2 heterocycles. The van der Waals surface area contributed by atoms with E-state index in [1.165, 1.54) is 6.07 Å². The number of benzene rings is 1. The summed E-state index contributed by atoms with van der Waals surface area (Å²) in [5, 5.41) is 10.5. The molecule has 3 nitrogen and oxygen atoms in total. The maximum absolute atomic E-state index is 13.8. The summed E-state index contributed by atoms with van der Waals surface area (Å²) in [5.41, 5.74) is 1.81. The molecule has 4 heteroatoms. The molecule has 1 saturated heterocycles. The Kier molecular flexibility index (Phi) is 4.17. The van der Waals surface area contributed by atoms with Gasteiger partial charge >= 0.3 is 0 Å². The first-order chi connectivity index (χ1) is 10.1. The largest absolute Gasteiger partial charge is 0.393 e. The van der Waals surface area contributed by atoms with Gasteiger partial charge in [-0.15, -0.1) is 0 Å². The van der Waals surface area contributed by atoms with E-state index in [1.54, 1.807) is 12.3 Å². The molecule has 1 aromatic carbocycles. The molecule has 3 rings (SSSR count). The molecule has 2 atom stereocenters. The number of hydrogen-bond acceptors (Lipinski definition) is 3. The number of rotatable bonds is 4. The summed E-state index contributed by atoms with van der Waals surface area (Å²) in [5.74, 6) is -0.211. The lowest BCUT2D eigenvalue weighted by molar-refractivity contribution is 0.131. The number of aromatic nitrogens is 1. The van der Waals surface area contributed by atoms with Gasteiger partial charge in [0.1, 0.15) is 5.82 Å². The molecular weight excluding hydrogens is 267 g/mol. The molecule has 112 valence electrons. The Hall–Kier alpha value is -1.52. The smallest absolute Gasteiger partial charge is 0.124 e. The number of halogens is 1. The first kappa shape index (κ1) is 14.4. The van der Waals surface area contributed by atoms with Gasteiger partial charge in [0.2, 0.25) is 0 Å². The highest BCUT2D eigenvalue weighted by Crippen LogP contribution is 2.26. The molecule has 0 spiro atoms. The van der Waals surface area contributed by atoms with Crippen LogP contribution in [0.5, 0.6) is 0 Å². The SMILES string of the molecule is CC(O)CC1CCCN1Cc1cc(F)cc2cccnc12. The van der Waals surface area contributed by atoms with Crippen LogP contribution in [0.15, 0.2) is 30.5 Å². The van der Waals surface area contributed by atoms with Crippen LogP contribution in [0, 0.1) is 5.82 Å². The van der Waals surface area contributed by atoms with Gasteiger partial charge in [-0.2, -0.15) is 0 Å². The van der Waals surface area contributed by atoms with Gasteiger partial charge in [-0.1, -0.05) is 6.07 Å². The van der Waals surface area contributed by atoms with Crippen molar-refractivity contribution in [3.8, 4) is 0 Å². The predicted molar refractivity (Wildman–Crippen MR) is 81.4 cm³/mol. The van der Waals surface area contributed by atoms with Crippen LogP contribution >= 0.6 is 0 Å². The fourth-order valence-corrected chi connectivity index (χ4v) is 3.33. The summed E-state index contributed by atoms with van der Waals surface area (Å²) in [6.07, 6.45) is 4.48. The van der Waals surface area contributed by atoms with Crippen molar-refractivity contribution in [2.24, 2.45) is 0 Å². The van der Waals surface area contributed by atoms with Crippen LogP contribution < -0.4 is 0 Å². The fraction of sp³-hybridized carbons (Fsp3) is 0.471. The van der Waals surface area contributed by atoms with Crippen LogP contribution in [0.4, 0.5) is 4.39 Å². The average molecular weight is 288 g/mol. The lowest BCUT2D eigenvalue weighted by Crippen LogP contribution is -2.31. The molecular formula is C17H21FN2O. The molecule has 2 unspecified atom stereocenters. The first-order valence-electron chi connectivity index (χ1n) is 7.59. The molecule has 0 aliphatic carbocycles. The minimum absolute atomic E-state index is 0.211. The third kappa shape index (κ3) is 3.22. The lowest BCUT2D eigenvalue weighted by atomic mass is 10.1. The Morgan fingerprint density at radius 3 is 3.14 bits per heavy atom. The topological polar surface area (TPSA) is 36.4 Å². The molecule has 0 radical (unpaired) electrons. The lowest BCUT2D eigenvalue weighted by Gasteiger charge is -2.25. The minimum atomic E-state index is -0.294. The summed E-state index contributed by atoms with van der Waals surface area (Å²) >= 11 is 0. The molecule has 0 saturated carbocycles. The zero-order chi connectivity index (χ0) is 14.8. The van der Waals surface area contributed by atoms with Gasteiger partial charge in [0, 0.05) is 24.2 Å². The van der Waals surface area contributed by atoms with Crippen molar-refractivity contribution < 1.29 is 9.50 Å². The zero-order valence-electron chi connectivity index (χ0n) is 12.3. The summed E-state index contributed by atoms with van der Waals surface area (Å²) in [6.45, 7) is 3.53. The molecule has 0 amide bonds. The van der Waals surface area contributed by atoms with Crippen molar-refractivity contribution in [3.63, 3.8) is 0 Å². The summed E-state index contributed by atoms with van der Waals surface area (Å²) in [7, 11) is 0. The summed E-state index contributed by atoms with van der Waals surface area (Å²) < 4.78 is 13.8. The van der Waals surface area contributed by atoms with Crippen molar-refractivity contribution in [3.05, 3.63) is 41.8 Å². The second-order valence-electron chi connectivity index (χ2n) is 5.99. The predicted octanol–water partition coefficient (Wildman–Crippen LogP) is 3.11. The van der Waals surface area contributed by atoms with E-state index in [0.717, 1.165) is 42.3 Å². The molecule has 1 aliphatic heterocycles. The van der Waals surface area contributed by atoms with Gasteiger partial charge < -0.3 is 5.11 Å². The van der Waals surface area contributed by atoms with Crippen LogP contribution in [-0.4, -0.2) is 33.7 Å². The quantitative estimate of drug-likeness (QED) is 0.939. The third-order valence-corrected chi connectivity index (χ3v) is 4.23. The number of pyridine rings is 1. The van der Waals surface area contributed by atoms with Crippen molar-refractivity contribution in [2.45, 2.75) is 44.9 Å². The minimum Gasteiger partial charge on any atom is -0.393 e. The third-order valence-electron chi connectivity index (χ3n) is 4.23. The molecule has 1 N–H and O–H groups in total. The maximum Gasteiger partial charge on any atom is 0.124 e. The van der Waals surface area contributed by atoms with E-state index in [2.05, 4.69) is 9.88 Å². The number of likely N-dealkylation sites (tertiary alicyclic amines) is 1. The Morgan fingerprint density at radius 2 is 2.33 bits per heavy atom. The van der Waals surface area contributed by atoms with E-state index >= 15 is 0 Å². The molecule has 21 heavy (non-hydrogen) atoms. The second-order valence-corrected chi connectivity index (χ2v) is 5.99. The van der Waals surface area contributed by atoms with Crippen LogP contribution in [0.2, 0.25) is 0 Å². The highest BCUT2D eigenvalue weighted by Gasteiger charge is 2.26. The van der Waals surface area contributed by atoms with E-state index in [9.17, 15) is 9.50 Å². The molecule has 0 bridgehead atoms. The highest BCUT2D eigenvalue weighted by molar-refractivity contribution is 5.81. The van der Waals surface area contributed by atoms with E-state index in [1.807, 2.05) is 19.1 Å². The van der Waals surface area contributed by atoms with Gasteiger partial charge in [-0.3, -0.25) is 9.88 Å². The monoisotopic (exact) mass is 288 g/mol. The standard InChI is InChI=1S/C17H21FN2O/c1-12(21)8-16-5-3-7-20(16)11-14-10-15(18)9-13-4-2-6-19-17(13)14/h2,4,6,9-10,12,16,21H,3,5,7-8,11H2,1H3. The van der Waals surface area contributed by atoms with Crippen molar-refractivity contribution in [2.75, 3.05) is 6.54 Å². The number of fused-ring (bicyclic) bond motifs is 1. The zero-order valence-corrected chi connectivity index (χ0v) is 12.3. The van der Waals surface area contributed by atoms with Crippen molar-refractivity contribution in [1.29, 1.82) is 0 Å². The Balaban J connectivity index is 1.87. The van der Waals surface area contributed by atoms with Crippen molar-refractivity contribution >= 4 is 10.9 Å². The highest BCUT2D eigenvalue weighted by atomic mass is 19.1. The van der Waals surface area contributed by atoms with Gasteiger partial charge in [0.05, 0.1) is 11.6 Å².